The first-order valence-corrected chi connectivity index (χ1v) is 6.73. The molecule has 0 saturated heterocycles. The van der Waals surface area contributed by atoms with Crippen LogP contribution in [0.2, 0.25) is 10.2 Å². The number of halogens is 2. The maximum Gasteiger partial charge on any atom is 0.130 e. The largest absolute Gasteiger partial charge is 0.385 e. The summed E-state index contributed by atoms with van der Waals surface area (Å²) in [5.74, 6) is 0. The van der Waals surface area contributed by atoms with E-state index >= 15 is 0 Å². The minimum Gasteiger partial charge on any atom is -0.385 e. The normalized spacial score (nSPS) is 14.4. The standard InChI is InChI=1S/C14H16Cl2N2O/c1-9-12(13(16)18(3)17-9)8-14(2,19)10-5-4-6-11(15)7-10/h4-7,19H,8H2,1-3H3. The molecule has 3 nitrogen and oxygen atoms in total. The molecule has 0 saturated carbocycles. The summed E-state index contributed by atoms with van der Waals surface area (Å²) in [7, 11) is 1.78. The monoisotopic (exact) mass is 298 g/mol. The van der Waals surface area contributed by atoms with Gasteiger partial charge < -0.3 is 5.11 Å². The van der Waals surface area contributed by atoms with E-state index in [1.54, 1.807) is 30.8 Å². The van der Waals surface area contributed by atoms with E-state index < -0.39 is 5.60 Å². The number of aromatic nitrogens is 2. The van der Waals surface area contributed by atoms with Crippen molar-refractivity contribution in [2.24, 2.45) is 7.05 Å². The van der Waals surface area contributed by atoms with Crippen LogP contribution in [0.25, 0.3) is 0 Å². The molecule has 0 radical (unpaired) electrons. The first kappa shape index (κ1) is 14.4. The molecule has 0 fully saturated rings. The van der Waals surface area contributed by atoms with E-state index in [1.807, 2.05) is 19.1 Å². The molecule has 0 aliphatic heterocycles. The Morgan fingerprint density at radius 2 is 2.05 bits per heavy atom. The average Bonchev–Trinajstić information content (AvgIpc) is 2.56. The number of rotatable bonds is 3. The summed E-state index contributed by atoms with van der Waals surface area (Å²) in [6, 6.07) is 7.22. The molecule has 2 rings (SSSR count). The number of benzene rings is 1. The number of hydrogen-bond donors (Lipinski definition) is 1. The molecule has 102 valence electrons. The van der Waals surface area contributed by atoms with E-state index in [1.165, 1.54) is 0 Å². The second-order valence-corrected chi connectivity index (χ2v) is 5.73. The zero-order valence-corrected chi connectivity index (χ0v) is 12.6. The third-order valence-corrected chi connectivity index (χ3v) is 3.95. The van der Waals surface area contributed by atoms with Crippen LogP contribution in [-0.2, 0) is 19.1 Å². The number of aliphatic hydroxyl groups is 1. The molecular weight excluding hydrogens is 283 g/mol. The Morgan fingerprint density at radius 1 is 1.37 bits per heavy atom. The van der Waals surface area contributed by atoms with Crippen molar-refractivity contribution in [2.45, 2.75) is 25.9 Å². The van der Waals surface area contributed by atoms with Crippen molar-refractivity contribution in [1.29, 1.82) is 0 Å². The number of nitrogens with zero attached hydrogens (tertiary/aromatic N) is 2. The van der Waals surface area contributed by atoms with E-state index in [-0.39, 0.29) is 0 Å². The van der Waals surface area contributed by atoms with Crippen LogP contribution in [-0.4, -0.2) is 14.9 Å². The smallest absolute Gasteiger partial charge is 0.130 e. The van der Waals surface area contributed by atoms with Crippen molar-refractivity contribution < 1.29 is 5.11 Å². The highest BCUT2D eigenvalue weighted by molar-refractivity contribution is 6.30. The first-order valence-electron chi connectivity index (χ1n) is 5.97. The fourth-order valence-electron chi connectivity index (χ4n) is 2.14. The van der Waals surface area contributed by atoms with Gasteiger partial charge in [0.05, 0.1) is 11.3 Å². The second-order valence-electron chi connectivity index (χ2n) is 4.94. The van der Waals surface area contributed by atoms with E-state index in [0.717, 1.165) is 16.8 Å². The zero-order chi connectivity index (χ0) is 14.2. The van der Waals surface area contributed by atoms with Crippen molar-refractivity contribution in [3.63, 3.8) is 0 Å². The van der Waals surface area contributed by atoms with Gasteiger partial charge in [0.25, 0.3) is 0 Å². The van der Waals surface area contributed by atoms with E-state index in [2.05, 4.69) is 5.10 Å². The Bertz CT molecular complexity index is 605. The van der Waals surface area contributed by atoms with E-state index in [9.17, 15) is 5.11 Å². The molecular formula is C14H16Cl2N2O. The number of hydrogen-bond acceptors (Lipinski definition) is 2. The quantitative estimate of drug-likeness (QED) is 0.942. The summed E-state index contributed by atoms with van der Waals surface area (Å²) in [6.45, 7) is 3.64. The molecule has 19 heavy (non-hydrogen) atoms. The van der Waals surface area contributed by atoms with Gasteiger partial charge in [-0.25, -0.2) is 0 Å². The van der Waals surface area contributed by atoms with E-state index in [0.29, 0.717) is 16.6 Å². The predicted molar refractivity (Wildman–Crippen MR) is 77.7 cm³/mol. The fourth-order valence-corrected chi connectivity index (χ4v) is 2.58. The van der Waals surface area contributed by atoms with Gasteiger partial charge in [0.2, 0.25) is 0 Å². The lowest BCUT2D eigenvalue weighted by molar-refractivity contribution is 0.0575. The Balaban J connectivity index is 2.36. The highest BCUT2D eigenvalue weighted by atomic mass is 35.5. The van der Waals surface area contributed by atoms with Crippen LogP contribution < -0.4 is 0 Å². The molecule has 5 heteroatoms. The molecule has 1 unspecified atom stereocenters. The molecule has 0 bridgehead atoms. The number of aryl methyl sites for hydroxylation is 2. The van der Waals surface area contributed by atoms with Crippen LogP contribution in [0, 0.1) is 6.92 Å². The highest BCUT2D eigenvalue weighted by Crippen LogP contribution is 2.31. The van der Waals surface area contributed by atoms with Crippen LogP contribution >= 0.6 is 23.2 Å². The van der Waals surface area contributed by atoms with Crippen LogP contribution in [0.15, 0.2) is 24.3 Å². The third kappa shape index (κ3) is 2.94. The minimum atomic E-state index is -1.04. The third-order valence-electron chi connectivity index (χ3n) is 3.24. The van der Waals surface area contributed by atoms with Crippen molar-refractivity contribution in [3.8, 4) is 0 Å². The summed E-state index contributed by atoms with van der Waals surface area (Å²) in [6.07, 6.45) is 0.395. The summed E-state index contributed by atoms with van der Waals surface area (Å²) in [4.78, 5) is 0. The lowest BCUT2D eigenvalue weighted by atomic mass is 9.89. The van der Waals surface area contributed by atoms with Crippen molar-refractivity contribution in [2.75, 3.05) is 0 Å². The van der Waals surface area contributed by atoms with Gasteiger partial charge in [-0.1, -0.05) is 35.3 Å². The lowest BCUT2D eigenvalue weighted by Gasteiger charge is -2.24. The maximum absolute atomic E-state index is 10.7. The van der Waals surface area contributed by atoms with Crippen molar-refractivity contribution in [3.05, 3.63) is 51.3 Å². The predicted octanol–water partition coefficient (Wildman–Crippen LogP) is 3.49. The molecule has 0 aliphatic rings. The SMILES string of the molecule is Cc1nn(C)c(Cl)c1CC(C)(O)c1cccc(Cl)c1. The lowest BCUT2D eigenvalue weighted by Crippen LogP contribution is -2.24. The summed E-state index contributed by atoms with van der Waals surface area (Å²) < 4.78 is 1.61. The van der Waals surface area contributed by atoms with Crippen LogP contribution in [0.1, 0.15) is 23.7 Å². The highest BCUT2D eigenvalue weighted by Gasteiger charge is 2.27. The summed E-state index contributed by atoms with van der Waals surface area (Å²) >= 11 is 12.2. The first-order chi connectivity index (χ1) is 8.81. The van der Waals surface area contributed by atoms with Crippen LogP contribution in [0.5, 0.6) is 0 Å². The van der Waals surface area contributed by atoms with E-state index in [4.69, 9.17) is 23.2 Å². The molecule has 0 spiro atoms. The van der Waals surface area contributed by atoms with Gasteiger partial charge in [-0.2, -0.15) is 5.10 Å². The molecule has 1 aromatic heterocycles. The van der Waals surface area contributed by atoms with Gasteiger partial charge in [-0.15, -0.1) is 0 Å². The van der Waals surface area contributed by atoms with Crippen LogP contribution in [0.4, 0.5) is 0 Å². The van der Waals surface area contributed by atoms with Gasteiger partial charge in [0, 0.05) is 24.1 Å². The maximum atomic E-state index is 10.7. The molecule has 0 amide bonds. The minimum absolute atomic E-state index is 0.395. The van der Waals surface area contributed by atoms with Gasteiger partial charge in [0.1, 0.15) is 5.15 Å². The summed E-state index contributed by atoms with van der Waals surface area (Å²) in [5, 5.41) is 16.1. The molecule has 1 atom stereocenters. The van der Waals surface area contributed by atoms with Crippen molar-refractivity contribution >= 4 is 23.2 Å². The molecule has 1 aromatic carbocycles. The topological polar surface area (TPSA) is 38.0 Å². The van der Waals surface area contributed by atoms with Crippen LogP contribution in [0.3, 0.4) is 0 Å². The average molecular weight is 299 g/mol. The Hall–Kier alpha value is -1.03. The molecule has 0 aliphatic carbocycles. The zero-order valence-electron chi connectivity index (χ0n) is 11.1. The van der Waals surface area contributed by atoms with Gasteiger partial charge in [-0.05, 0) is 31.5 Å². The van der Waals surface area contributed by atoms with Gasteiger partial charge >= 0.3 is 0 Å². The molecule has 2 aromatic rings. The second kappa shape index (κ2) is 5.16. The summed E-state index contributed by atoms with van der Waals surface area (Å²) in [5.41, 5.74) is 1.41. The van der Waals surface area contributed by atoms with Gasteiger partial charge in [-0.3, -0.25) is 4.68 Å². The Morgan fingerprint density at radius 3 is 2.58 bits per heavy atom. The van der Waals surface area contributed by atoms with Gasteiger partial charge in [0.15, 0.2) is 0 Å². The molecule has 1 heterocycles. The Labute approximate surface area is 122 Å². The Kier molecular flexibility index (Phi) is 3.90. The fraction of sp³-hybridized carbons (Fsp3) is 0.357. The molecule has 1 N–H and O–H groups in total. The van der Waals surface area contributed by atoms with Crippen molar-refractivity contribution in [1.82, 2.24) is 9.78 Å².